The maximum atomic E-state index is 12.6. The van der Waals surface area contributed by atoms with Gasteiger partial charge in [0.1, 0.15) is 18.0 Å². The zero-order valence-electron chi connectivity index (χ0n) is 18.9. The highest BCUT2D eigenvalue weighted by molar-refractivity contribution is 5.92. The first-order valence-electron chi connectivity index (χ1n) is 11.1. The molecule has 1 aliphatic heterocycles. The van der Waals surface area contributed by atoms with E-state index < -0.39 is 0 Å². The Labute approximate surface area is 184 Å². The van der Waals surface area contributed by atoms with Crippen LogP contribution in [0.25, 0.3) is 11.5 Å². The van der Waals surface area contributed by atoms with Gasteiger partial charge in [0.15, 0.2) is 0 Å². The van der Waals surface area contributed by atoms with Crippen LogP contribution in [0.4, 0.5) is 5.69 Å². The Balaban J connectivity index is 1.35. The molecule has 5 heteroatoms. The van der Waals surface area contributed by atoms with E-state index in [-0.39, 0.29) is 11.8 Å². The molecule has 0 unspecified atom stereocenters. The lowest BCUT2D eigenvalue weighted by Crippen LogP contribution is -3.11. The number of nitrogens with zero attached hydrogens (tertiary/aromatic N) is 1. The smallest absolute Gasteiger partial charge is 0.227 e. The fourth-order valence-electron chi connectivity index (χ4n) is 4.26. The Morgan fingerprint density at radius 1 is 1.03 bits per heavy atom. The molecule has 2 aromatic carbocycles. The molecule has 1 aliphatic rings. The molecule has 162 valence electrons. The summed E-state index contributed by atoms with van der Waals surface area (Å²) in [5.41, 5.74) is 6.53. The molecule has 4 rings (SSSR count). The van der Waals surface area contributed by atoms with Crippen molar-refractivity contribution in [3.63, 3.8) is 0 Å². The van der Waals surface area contributed by atoms with Gasteiger partial charge in [0, 0.05) is 30.0 Å². The van der Waals surface area contributed by atoms with Crippen LogP contribution in [0.5, 0.6) is 0 Å². The predicted octanol–water partition coefficient (Wildman–Crippen LogP) is 4.01. The van der Waals surface area contributed by atoms with Crippen molar-refractivity contribution in [1.82, 2.24) is 4.98 Å². The number of quaternary nitrogens is 1. The largest absolute Gasteiger partial charge is 0.441 e. The summed E-state index contributed by atoms with van der Waals surface area (Å²) in [5, 5.41) is 3.07. The Morgan fingerprint density at radius 3 is 2.42 bits per heavy atom. The molecule has 1 fully saturated rings. The van der Waals surface area contributed by atoms with E-state index in [2.05, 4.69) is 37.4 Å². The van der Waals surface area contributed by atoms with Gasteiger partial charge in [-0.2, -0.15) is 0 Å². The molecule has 1 amide bonds. The summed E-state index contributed by atoms with van der Waals surface area (Å²) >= 11 is 0. The molecule has 1 saturated heterocycles. The predicted molar refractivity (Wildman–Crippen MR) is 123 cm³/mol. The minimum absolute atomic E-state index is 0.0777. The average Bonchev–Trinajstić information content (AvgIpc) is 3.12. The Kier molecular flexibility index (Phi) is 6.23. The van der Waals surface area contributed by atoms with Crippen molar-refractivity contribution in [1.29, 1.82) is 0 Å². The van der Waals surface area contributed by atoms with Crippen molar-refractivity contribution in [3.05, 3.63) is 70.6 Å². The summed E-state index contributed by atoms with van der Waals surface area (Å²) in [6.45, 7) is 11.0. The lowest BCUT2D eigenvalue weighted by atomic mass is 9.95. The second kappa shape index (κ2) is 9.06. The van der Waals surface area contributed by atoms with Crippen molar-refractivity contribution < 1.29 is 14.1 Å². The number of aryl methyl sites for hydroxylation is 4. The van der Waals surface area contributed by atoms with Crippen LogP contribution in [0, 0.1) is 33.6 Å². The number of anilines is 1. The molecule has 3 aromatic rings. The van der Waals surface area contributed by atoms with Crippen molar-refractivity contribution in [2.75, 3.05) is 18.4 Å². The van der Waals surface area contributed by atoms with E-state index in [1.807, 2.05) is 38.1 Å². The quantitative estimate of drug-likeness (QED) is 0.658. The van der Waals surface area contributed by atoms with Gasteiger partial charge in [-0.05, 0) is 51.5 Å². The van der Waals surface area contributed by atoms with Crippen LogP contribution in [0.15, 0.2) is 46.9 Å². The van der Waals surface area contributed by atoms with E-state index in [0.717, 1.165) is 55.2 Å². The number of hydrogen-bond donors (Lipinski definition) is 2. The van der Waals surface area contributed by atoms with Gasteiger partial charge in [-0.25, -0.2) is 4.98 Å². The summed E-state index contributed by atoms with van der Waals surface area (Å²) in [6, 6.07) is 14.3. The number of piperidine rings is 1. The van der Waals surface area contributed by atoms with Crippen LogP contribution < -0.4 is 10.2 Å². The van der Waals surface area contributed by atoms with Crippen molar-refractivity contribution >= 4 is 11.6 Å². The molecule has 5 nitrogen and oxygen atoms in total. The number of carbonyl (C=O) groups is 1. The molecule has 2 N–H and O–H groups in total. The Bertz CT molecular complexity index is 1060. The van der Waals surface area contributed by atoms with Gasteiger partial charge in [0.25, 0.3) is 0 Å². The second-order valence-corrected chi connectivity index (χ2v) is 8.90. The number of nitrogens with one attached hydrogen (secondary N) is 2. The van der Waals surface area contributed by atoms with Gasteiger partial charge in [-0.3, -0.25) is 4.79 Å². The lowest BCUT2D eigenvalue weighted by Gasteiger charge is -2.28. The number of likely N-dealkylation sites (tertiary alicyclic amines) is 1. The van der Waals surface area contributed by atoms with E-state index in [9.17, 15) is 4.79 Å². The summed E-state index contributed by atoms with van der Waals surface area (Å²) in [4.78, 5) is 18.9. The summed E-state index contributed by atoms with van der Waals surface area (Å²) in [6.07, 6.45) is 1.79. The SMILES string of the molecule is Cc1ccc(NC(=O)C2CC[NH+](Cc3nc(-c4cc(C)ccc4C)oc3C)CC2)cc1. The molecule has 0 saturated carbocycles. The van der Waals surface area contributed by atoms with Gasteiger partial charge < -0.3 is 14.6 Å². The van der Waals surface area contributed by atoms with Crippen molar-refractivity contribution in [2.24, 2.45) is 5.92 Å². The van der Waals surface area contributed by atoms with E-state index in [4.69, 9.17) is 9.40 Å². The number of benzene rings is 2. The van der Waals surface area contributed by atoms with Crippen LogP contribution in [0.3, 0.4) is 0 Å². The highest BCUT2D eigenvalue weighted by Crippen LogP contribution is 2.26. The maximum Gasteiger partial charge on any atom is 0.227 e. The number of aromatic nitrogens is 1. The van der Waals surface area contributed by atoms with Crippen LogP contribution in [0.2, 0.25) is 0 Å². The standard InChI is InChI=1S/C26H31N3O2/c1-17-6-9-22(10-7-17)27-25(30)21-11-13-29(14-12-21)16-24-20(4)31-26(28-24)23-15-18(2)5-8-19(23)3/h5-10,15,21H,11-14,16H2,1-4H3,(H,27,30)/p+1. The normalized spacial score (nSPS) is 18.7. The van der Waals surface area contributed by atoms with Crippen LogP contribution >= 0.6 is 0 Å². The third-order valence-corrected chi connectivity index (χ3v) is 6.32. The number of rotatable bonds is 5. The molecule has 31 heavy (non-hydrogen) atoms. The summed E-state index contributed by atoms with van der Waals surface area (Å²) in [7, 11) is 0. The first kappa shape index (κ1) is 21.3. The molecule has 0 radical (unpaired) electrons. The first-order valence-corrected chi connectivity index (χ1v) is 11.1. The van der Waals surface area contributed by atoms with Gasteiger partial charge in [0.2, 0.25) is 11.8 Å². The Morgan fingerprint density at radius 2 is 1.71 bits per heavy atom. The highest BCUT2D eigenvalue weighted by Gasteiger charge is 2.28. The maximum absolute atomic E-state index is 12.6. The fourth-order valence-corrected chi connectivity index (χ4v) is 4.26. The van der Waals surface area contributed by atoms with E-state index in [1.54, 1.807) is 0 Å². The highest BCUT2D eigenvalue weighted by atomic mass is 16.4. The zero-order chi connectivity index (χ0) is 22.0. The molecule has 0 bridgehead atoms. The third kappa shape index (κ3) is 5.05. The first-order chi connectivity index (χ1) is 14.9. The molecule has 0 atom stereocenters. The topological polar surface area (TPSA) is 59.6 Å². The molecule has 1 aromatic heterocycles. The molecular weight excluding hydrogens is 386 g/mol. The number of amides is 1. The molecule has 2 heterocycles. The number of carbonyl (C=O) groups excluding carboxylic acids is 1. The van der Waals surface area contributed by atoms with Crippen molar-refractivity contribution in [2.45, 2.75) is 47.1 Å². The van der Waals surface area contributed by atoms with E-state index in [1.165, 1.54) is 21.6 Å². The second-order valence-electron chi connectivity index (χ2n) is 8.90. The number of hydrogen-bond acceptors (Lipinski definition) is 3. The number of oxazole rings is 1. The van der Waals surface area contributed by atoms with E-state index >= 15 is 0 Å². The van der Waals surface area contributed by atoms with Gasteiger partial charge in [-0.15, -0.1) is 0 Å². The fraction of sp³-hybridized carbons (Fsp3) is 0.385. The average molecular weight is 419 g/mol. The van der Waals surface area contributed by atoms with Gasteiger partial charge in [-0.1, -0.05) is 35.4 Å². The summed E-state index contributed by atoms with van der Waals surface area (Å²) < 4.78 is 6.02. The van der Waals surface area contributed by atoms with E-state index in [0.29, 0.717) is 5.89 Å². The molecular formula is C26H32N3O2+. The van der Waals surface area contributed by atoms with Crippen LogP contribution in [-0.4, -0.2) is 24.0 Å². The van der Waals surface area contributed by atoms with Gasteiger partial charge >= 0.3 is 0 Å². The minimum Gasteiger partial charge on any atom is -0.441 e. The third-order valence-electron chi connectivity index (χ3n) is 6.32. The lowest BCUT2D eigenvalue weighted by molar-refractivity contribution is -0.919. The molecule has 0 aliphatic carbocycles. The van der Waals surface area contributed by atoms with Gasteiger partial charge in [0.05, 0.1) is 13.1 Å². The Hall–Kier alpha value is -2.92. The molecule has 0 spiro atoms. The zero-order valence-corrected chi connectivity index (χ0v) is 18.9. The minimum atomic E-state index is 0.0777. The van der Waals surface area contributed by atoms with Crippen LogP contribution in [-0.2, 0) is 11.3 Å². The van der Waals surface area contributed by atoms with Crippen LogP contribution in [0.1, 0.15) is 41.0 Å². The van der Waals surface area contributed by atoms with Crippen molar-refractivity contribution in [3.8, 4) is 11.5 Å². The summed E-state index contributed by atoms with van der Waals surface area (Å²) in [5.74, 6) is 1.81. The monoisotopic (exact) mass is 418 g/mol.